The van der Waals surface area contributed by atoms with Gasteiger partial charge in [0.1, 0.15) is 0 Å². The number of allylic oxidation sites excluding steroid dienone is 1. The molecule has 5 nitrogen and oxygen atoms in total. The summed E-state index contributed by atoms with van der Waals surface area (Å²) in [6, 6.07) is 15.7. The molecule has 0 bridgehead atoms. The molecule has 32 heavy (non-hydrogen) atoms. The molecular weight excluding hydrogens is 398 g/mol. The second-order valence-corrected chi connectivity index (χ2v) is 8.86. The van der Waals surface area contributed by atoms with Crippen molar-refractivity contribution in [2.75, 3.05) is 24.5 Å². The van der Waals surface area contributed by atoms with E-state index in [9.17, 15) is 9.59 Å². The molecule has 1 fully saturated rings. The molecule has 1 aliphatic carbocycles. The molecule has 1 saturated heterocycles. The number of carbonyl (C=O) groups is 2. The Morgan fingerprint density at radius 2 is 1.91 bits per heavy atom. The van der Waals surface area contributed by atoms with Crippen molar-refractivity contribution >= 4 is 17.6 Å². The van der Waals surface area contributed by atoms with E-state index in [1.165, 1.54) is 24.0 Å². The predicted molar refractivity (Wildman–Crippen MR) is 129 cm³/mol. The quantitative estimate of drug-likeness (QED) is 0.593. The number of carbonyl (C=O) groups excluding carboxylic acids is 2. The second-order valence-electron chi connectivity index (χ2n) is 8.86. The Balaban J connectivity index is 1.38. The molecule has 1 aliphatic heterocycles. The summed E-state index contributed by atoms with van der Waals surface area (Å²) in [4.78, 5) is 29.6. The summed E-state index contributed by atoms with van der Waals surface area (Å²) < 4.78 is 0. The summed E-state index contributed by atoms with van der Waals surface area (Å²) in [5, 5.41) is 3.04. The van der Waals surface area contributed by atoms with Crippen molar-refractivity contribution in [3.8, 4) is 0 Å². The molecule has 0 aromatic heterocycles. The van der Waals surface area contributed by atoms with Crippen LogP contribution >= 0.6 is 0 Å². The molecule has 0 spiro atoms. The predicted octanol–water partition coefficient (Wildman–Crippen LogP) is 5.45. The lowest BCUT2D eigenvalue weighted by atomic mass is 9.97. The zero-order chi connectivity index (χ0) is 22.3. The average Bonchev–Trinajstić information content (AvgIpc) is 2.81. The summed E-state index contributed by atoms with van der Waals surface area (Å²) in [7, 11) is 0. The van der Waals surface area contributed by atoms with Crippen LogP contribution in [0.15, 0.2) is 60.2 Å². The number of hydrogen-bond donors (Lipinski definition) is 1. The lowest BCUT2D eigenvalue weighted by Crippen LogP contribution is -2.49. The number of amides is 3. The Hall–Kier alpha value is -3.08. The highest BCUT2D eigenvalue weighted by atomic mass is 16.2. The first kappa shape index (κ1) is 22.1. The van der Waals surface area contributed by atoms with Gasteiger partial charge in [0.25, 0.3) is 5.91 Å². The van der Waals surface area contributed by atoms with Gasteiger partial charge in [-0.2, -0.15) is 0 Å². The third-order valence-electron chi connectivity index (χ3n) is 6.30. The van der Waals surface area contributed by atoms with Gasteiger partial charge in [0, 0.05) is 37.4 Å². The van der Waals surface area contributed by atoms with Gasteiger partial charge in [-0.15, -0.1) is 0 Å². The summed E-state index contributed by atoms with van der Waals surface area (Å²) in [6.07, 6.45) is 9.00. The number of benzene rings is 2. The molecule has 4 rings (SSSR count). The van der Waals surface area contributed by atoms with E-state index >= 15 is 0 Å². The van der Waals surface area contributed by atoms with Crippen molar-refractivity contribution in [1.29, 1.82) is 0 Å². The zero-order valence-electron chi connectivity index (χ0n) is 19.0. The van der Waals surface area contributed by atoms with Crippen molar-refractivity contribution in [3.05, 3.63) is 76.9 Å². The fourth-order valence-corrected chi connectivity index (χ4v) is 4.58. The van der Waals surface area contributed by atoms with Gasteiger partial charge < -0.3 is 10.2 Å². The van der Waals surface area contributed by atoms with Crippen LogP contribution in [0, 0.1) is 6.92 Å². The first-order valence-corrected chi connectivity index (χ1v) is 11.8. The number of anilines is 1. The van der Waals surface area contributed by atoms with Crippen molar-refractivity contribution in [2.24, 2.45) is 0 Å². The first-order valence-electron chi connectivity index (χ1n) is 11.8. The molecule has 1 N–H and O–H groups in total. The number of rotatable bonds is 7. The van der Waals surface area contributed by atoms with Gasteiger partial charge in [0.15, 0.2) is 0 Å². The summed E-state index contributed by atoms with van der Waals surface area (Å²) in [5.41, 5.74) is 5.18. The fraction of sp³-hybridized carbons (Fsp3) is 0.407. The van der Waals surface area contributed by atoms with Crippen LogP contribution < -0.4 is 10.2 Å². The van der Waals surface area contributed by atoms with Gasteiger partial charge >= 0.3 is 6.03 Å². The maximum atomic E-state index is 13.2. The van der Waals surface area contributed by atoms with E-state index < -0.39 is 0 Å². The molecule has 2 aromatic rings. The average molecular weight is 432 g/mol. The normalized spacial score (nSPS) is 16.7. The number of hydrogen-bond acceptors (Lipinski definition) is 2. The Morgan fingerprint density at radius 3 is 2.72 bits per heavy atom. The van der Waals surface area contributed by atoms with Crippen LogP contribution in [0.2, 0.25) is 0 Å². The first-order chi connectivity index (χ1) is 15.6. The smallest absolute Gasteiger partial charge is 0.324 e. The lowest BCUT2D eigenvalue weighted by molar-refractivity contribution is 0.0954. The number of urea groups is 1. The van der Waals surface area contributed by atoms with Crippen LogP contribution in [-0.2, 0) is 6.54 Å². The SMILES string of the molecule is Cc1cccc(CN2CCCN(c3cccc(C(=O)NCCC4=CCCCC4)c3)C2=O)c1. The van der Waals surface area contributed by atoms with Crippen molar-refractivity contribution < 1.29 is 9.59 Å². The largest absolute Gasteiger partial charge is 0.352 e. The number of nitrogens with one attached hydrogen (secondary N) is 1. The number of aryl methyl sites for hydroxylation is 1. The van der Waals surface area contributed by atoms with E-state index in [0.29, 0.717) is 25.2 Å². The van der Waals surface area contributed by atoms with Crippen LogP contribution in [0.3, 0.4) is 0 Å². The summed E-state index contributed by atoms with van der Waals surface area (Å²) in [5.74, 6) is -0.0793. The minimum Gasteiger partial charge on any atom is -0.352 e. The van der Waals surface area contributed by atoms with Crippen LogP contribution in [0.25, 0.3) is 0 Å². The van der Waals surface area contributed by atoms with E-state index in [1.54, 1.807) is 4.90 Å². The monoisotopic (exact) mass is 431 g/mol. The van der Waals surface area contributed by atoms with Crippen molar-refractivity contribution in [2.45, 2.75) is 52.0 Å². The fourth-order valence-electron chi connectivity index (χ4n) is 4.58. The molecule has 2 aromatic carbocycles. The maximum Gasteiger partial charge on any atom is 0.324 e. The Morgan fingerprint density at radius 1 is 1.03 bits per heavy atom. The Bertz CT molecular complexity index is 998. The molecule has 0 atom stereocenters. The topological polar surface area (TPSA) is 52.6 Å². The molecule has 0 saturated carbocycles. The highest BCUT2D eigenvalue weighted by Gasteiger charge is 2.27. The Kier molecular flexibility index (Phi) is 7.25. The Labute approximate surface area is 191 Å². The van der Waals surface area contributed by atoms with E-state index in [2.05, 4.69) is 36.5 Å². The van der Waals surface area contributed by atoms with Crippen LogP contribution in [0.1, 0.15) is 60.0 Å². The van der Waals surface area contributed by atoms with Gasteiger partial charge in [0.05, 0.1) is 0 Å². The van der Waals surface area contributed by atoms with Crippen LogP contribution in [0.4, 0.5) is 10.5 Å². The third-order valence-corrected chi connectivity index (χ3v) is 6.30. The van der Waals surface area contributed by atoms with Gasteiger partial charge in [-0.25, -0.2) is 4.79 Å². The van der Waals surface area contributed by atoms with Crippen LogP contribution in [-0.4, -0.2) is 36.5 Å². The van der Waals surface area contributed by atoms with Gasteiger partial charge in [-0.1, -0.05) is 47.5 Å². The van der Waals surface area contributed by atoms with Gasteiger partial charge in [0.2, 0.25) is 0 Å². The molecule has 3 amide bonds. The van der Waals surface area contributed by atoms with Crippen LogP contribution in [0.5, 0.6) is 0 Å². The van der Waals surface area contributed by atoms with Gasteiger partial charge in [-0.05, 0) is 69.2 Å². The maximum absolute atomic E-state index is 13.2. The van der Waals surface area contributed by atoms with Gasteiger partial charge in [-0.3, -0.25) is 9.69 Å². The van der Waals surface area contributed by atoms with Crippen molar-refractivity contribution in [1.82, 2.24) is 10.2 Å². The highest BCUT2D eigenvalue weighted by molar-refractivity contribution is 5.98. The summed E-state index contributed by atoms with van der Waals surface area (Å²) in [6.45, 7) is 4.74. The minimum atomic E-state index is -0.0793. The van der Waals surface area contributed by atoms with E-state index in [4.69, 9.17) is 0 Å². The van der Waals surface area contributed by atoms with Crippen molar-refractivity contribution in [3.63, 3.8) is 0 Å². The summed E-state index contributed by atoms with van der Waals surface area (Å²) >= 11 is 0. The molecule has 168 valence electrons. The van der Waals surface area contributed by atoms with E-state index in [1.807, 2.05) is 35.2 Å². The minimum absolute atomic E-state index is 0.000417. The number of nitrogens with zero attached hydrogens (tertiary/aromatic N) is 2. The van der Waals surface area contributed by atoms with E-state index in [-0.39, 0.29) is 11.9 Å². The highest BCUT2D eigenvalue weighted by Crippen LogP contribution is 2.23. The molecule has 1 heterocycles. The zero-order valence-corrected chi connectivity index (χ0v) is 19.0. The lowest BCUT2D eigenvalue weighted by Gasteiger charge is -2.36. The molecular formula is C27H33N3O2. The van der Waals surface area contributed by atoms with E-state index in [0.717, 1.165) is 43.5 Å². The molecule has 2 aliphatic rings. The second kappa shape index (κ2) is 10.5. The molecule has 0 unspecified atom stereocenters. The third kappa shape index (κ3) is 5.58. The standard InChI is InChI=1S/C27H33N3O2/c1-21-8-5-11-23(18-21)20-29-16-7-17-30(27(29)32)25-13-6-12-24(19-25)26(31)28-15-14-22-9-3-2-4-10-22/h5-6,8-9,11-13,18-19H,2-4,7,10,14-17,20H2,1H3,(H,28,31). The molecule has 0 radical (unpaired) electrons. The molecule has 5 heteroatoms.